The lowest BCUT2D eigenvalue weighted by Crippen LogP contribution is -2.59. The summed E-state index contributed by atoms with van der Waals surface area (Å²) in [5.41, 5.74) is -4.40. The molecule has 0 aromatic heterocycles. The Kier molecular flexibility index (Phi) is 3.48. The van der Waals surface area contributed by atoms with Gasteiger partial charge in [-0.15, -0.1) is 0 Å². The van der Waals surface area contributed by atoms with Gasteiger partial charge in [0.15, 0.2) is 17.6 Å². The number of hydrogen-bond acceptors (Lipinski definition) is 6. The van der Waals surface area contributed by atoms with Crippen molar-refractivity contribution < 1.29 is 29.3 Å². The maximum Gasteiger partial charge on any atom is 0.314 e. The van der Waals surface area contributed by atoms with E-state index in [0.717, 1.165) is 30.6 Å². The number of allylic oxidation sites excluding steroid dienone is 2. The zero-order valence-corrected chi connectivity index (χ0v) is 15.3. The van der Waals surface area contributed by atoms with Crippen molar-refractivity contribution in [2.24, 2.45) is 29.6 Å². The van der Waals surface area contributed by atoms with Crippen LogP contribution in [0, 0.1) is 29.6 Å². The van der Waals surface area contributed by atoms with E-state index >= 15 is 0 Å². The first kappa shape index (κ1) is 17.4. The number of aliphatic hydroxyl groups is 2. The van der Waals surface area contributed by atoms with Crippen LogP contribution in [0.2, 0.25) is 0 Å². The Bertz CT molecular complexity index is 764. The van der Waals surface area contributed by atoms with E-state index in [4.69, 9.17) is 4.74 Å². The Hall–Kier alpha value is -1.73. The van der Waals surface area contributed by atoms with Crippen LogP contribution in [0.3, 0.4) is 0 Å². The van der Waals surface area contributed by atoms with Crippen molar-refractivity contribution in [2.75, 3.05) is 6.54 Å². The Morgan fingerprint density at radius 3 is 2.70 bits per heavy atom. The summed E-state index contributed by atoms with van der Waals surface area (Å²) in [7, 11) is 0. The zero-order valence-electron chi connectivity index (χ0n) is 15.3. The lowest BCUT2D eigenvalue weighted by molar-refractivity contribution is -0.173. The largest absolute Gasteiger partial charge is 0.453 e. The van der Waals surface area contributed by atoms with Gasteiger partial charge in [0, 0.05) is 12.5 Å². The van der Waals surface area contributed by atoms with E-state index in [1.165, 1.54) is 0 Å². The molecule has 27 heavy (non-hydrogen) atoms. The first-order valence-electron chi connectivity index (χ1n) is 10.0. The molecule has 5 rings (SSSR count). The second-order valence-corrected chi connectivity index (χ2v) is 8.91. The normalized spacial score (nSPS) is 50.6. The van der Waals surface area contributed by atoms with Crippen LogP contribution in [0.25, 0.3) is 0 Å². The molecule has 0 spiro atoms. The third kappa shape index (κ3) is 1.92. The van der Waals surface area contributed by atoms with E-state index in [9.17, 15) is 24.6 Å². The van der Waals surface area contributed by atoms with E-state index in [0.29, 0.717) is 0 Å². The fourth-order valence-corrected chi connectivity index (χ4v) is 6.34. The highest BCUT2D eigenvalue weighted by atomic mass is 16.6. The van der Waals surface area contributed by atoms with Crippen LogP contribution in [0.4, 0.5) is 0 Å². The van der Waals surface area contributed by atoms with E-state index < -0.39 is 46.9 Å². The summed E-state index contributed by atoms with van der Waals surface area (Å²) in [6, 6.07) is 0. The van der Waals surface area contributed by atoms with Crippen molar-refractivity contribution in [2.45, 2.75) is 56.5 Å². The molecule has 2 aliphatic carbocycles. The van der Waals surface area contributed by atoms with Crippen molar-refractivity contribution in [3.05, 3.63) is 12.2 Å². The molecule has 0 bridgehead atoms. The maximum atomic E-state index is 13.6. The number of Topliss-reactive ketones (excluding diaryl/α,β-unsaturated/α-hetero) is 1. The molecule has 8 atom stereocenters. The molecule has 2 N–H and O–H groups in total. The van der Waals surface area contributed by atoms with Gasteiger partial charge in [0.1, 0.15) is 5.92 Å². The van der Waals surface area contributed by atoms with Gasteiger partial charge in [-0.05, 0) is 37.0 Å². The van der Waals surface area contributed by atoms with Crippen molar-refractivity contribution >= 4 is 17.7 Å². The molecule has 0 unspecified atom stereocenters. The highest BCUT2D eigenvalue weighted by molar-refractivity contribution is 6.14. The molecule has 7 nitrogen and oxygen atoms in total. The maximum absolute atomic E-state index is 13.6. The van der Waals surface area contributed by atoms with Crippen molar-refractivity contribution in [1.29, 1.82) is 0 Å². The summed E-state index contributed by atoms with van der Waals surface area (Å²) in [4.78, 5) is 40.0. The number of nitrogens with zero attached hydrogens (tertiary/aromatic N) is 1. The number of ether oxygens (including phenoxy) is 1. The van der Waals surface area contributed by atoms with Gasteiger partial charge in [-0.25, -0.2) is 0 Å². The van der Waals surface area contributed by atoms with Gasteiger partial charge < -0.3 is 19.8 Å². The molecule has 3 aliphatic heterocycles. The van der Waals surface area contributed by atoms with Crippen molar-refractivity contribution in [1.82, 2.24) is 4.90 Å². The van der Waals surface area contributed by atoms with Crippen molar-refractivity contribution in [3.8, 4) is 0 Å². The number of hydrogen-bond donors (Lipinski definition) is 2. The Balaban J connectivity index is 1.55. The lowest BCUT2D eigenvalue weighted by Gasteiger charge is -2.42. The molecule has 1 saturated carbocycles. The molecular formula is C20H25NO6. The predicted octanol–water partition coefficient (Wildman–Crippen LogP) is 0.391. The molecule has 146 valence electrons. The second kappa shape index (κ2) is 5.41. The van der Waals surface area contributed by atoms with Crippen LogP contribution < -0.4 is 0 Å². The fraction of sp³-hybridized carbons (Fsp3) is 0.750. The number of rotatable bonds is 2. The van der Waals surface area contributed by atoms with Crippen LogP contribution in [0.15, 0.2) is 12.2 Å². The van der Waals surface area contributed by atoms with Gasteiger partial charge in [0.2, 0.25) is 5.60 Å². The molecule has 7 heteroatoms. The molecule has 0 radical (unpaired) electrons. The second-order valence-electron chi connectivity index (χ2n) is 8.91. The quantitative estimate of drug-likeness (QED) is 0.411. The number of carbonyl (C=O) groups excluding carboxylic acids is 3. The molecular weight excluding hydrogens is 350 g/mol. The number of carbonyl (C=O) groups is 3. The van der Waals surface area contributed by atoms with Crippen LogP contribution in [-0.4, -0.2) is 56.7 Å². The van der Waals surface area contributed by atoms with E-state index in [1.807, 2.05) is 13.0 Å². The van der Waals surface area contributed by atoms with Gasteiger partial charge in [-0.2, -0.15) is 0 Å². The minimum Gasteiger partial charge on any atom is -0.453 e. The summed E-state index contributed by atoms with van der Waals surface area (Å²) in [5, 5.41) is 22.4. The summed E-state index contributed by atoms with van der Waals surface area (Å²) >= 11 is 0. The molecule has 1 amide bonds. The minimum atomic E-state index is -2.49. The van der Waals surface area contributed by atoms with Gasteiger partial charge in [-0.1, -0.05) is 31.9 Å². The smallest absolute Gasteiger partial charge is 0.314 e. The Labute approximate surface area is 157 Å². The van der Waals surface area contributed by atoms with Crippen LogP contribution in [0.1, 0.15) is 39.0 Å². The average molecular weight is 375 g/mol. The first-order valence-corrected chi connectivity index (χ1v) is 10.0. The van der Waals surface area contributed by atoms with E-state index in [-0.39, 0.29) is 30.7 Å². The topological polar surface area (TPSA) is 104 Å². The summed E-state index contributed by atoms with van der Waals surface area (Å²) in [5.74, 6) is -3.24. The summed E-state index contributed by atoms with van der Waals surface area (Å²) < 4.78 is 5.25. The van der Waals surface area contributed by atoms with Gasteiger partial charge in [-0.3, -0.25) is 14.4 Å². The fourth-order valence-electron chi connectivity index (χ4n) is 6.34. The highest BCUT2D eigenvalue weighted by Crippen LogP contribution is 2.55. The Morgan fingerprint density at radius 2 is 1.93 bits per heavy atom. The highest BCUT2D eigenvalue weighted by Gasteiger charge is 2.80. The molecule has 5 aliphatic rings. The predicted molar refractivity (Wildman–Crippen MR) is 91.8 cm³/mol. The van der Waals surface area contributed by atoms with Crippen LogP contribution in [-0.2, 0) is 19.1 Å². The summed E-state index contributed by atoms with van der Waals surface area (Å²) in [6.45, 7) is 2.07. The number of fused-ring (bicyclic) bond motifs is 1. The molecule has 0 aromatic carbocycles. The third-order valence-corrected chi connectivity index (χ3v) is 7.68. The van der Waals surface area contributed by atoms with Crippen LogP contribution >= 0.6 is 0 Å². The van der Waals surface area contributed by atoms with E-state index in [2.05, 4.69) is 6.08 Å². The lowest BCUT2D eigenvalue weighted by atomic mass is 9.61. The standard InChI is InChI=1S/C20H25NO6/c1-10-6-7-11-4-2-3-5-12(11)14(10)15(22)19(25)17-20(26)13(16(23)27-17)8-9-21(20)18(19)24/h6-7,10-14,17,25-26H,2-5,8-9H2,1H3/t10-,11+,12+,13+,14+,17+,19-,20-/m1/s1. The molecule has 4 fully saturated rings. The Morgan fingerprint density at radius 1 is 1.19 bits per heavy atom. The van der Waals surface area contributed by atoms with E-state index in [1.54, 1.807) is 0 Å². The number of amides is 1. The summed E-state index contributed by atoms with van der Waals surface area (Å²) in [6.07, 6.45) is 6.92. The molecule has 0 aromatic rings. The molecule has 3 saturated heterocycles. The average Bonchev–Trinajstić information content (AvgIpc) is 3.19. The zero-order chi connectivity index (χ0) is 19.1. The first-order chi connectivity index (χ1) is 12.8. The number of esters is 1. The minimum absolute atomic E-state index is 0.0704. The molecule has 3 heterocycles. The van der Waals surface area contributed by atoms with Gasteiger partial charge in [0.05, 0.1) is 0 Å². The SMILES string of the molecule is C[C@@H]1C=C[C@@H]2CCCC[C@@H]2[C@H]1C(=O)[C@]1(O)C(=O)N2CC[C@H]3C(=O)O[C@@H]1[C@]32O. The third-order valence-electron chi connectivity index (χ3n) is 7.68. The van der Waals surface area contributed by atoms with Crippen LogP contribution in [0.5, 0.6) is 0 Å². The monoisotopic (exact) mass is 375 g/mol. The van der Waals surface area contributed by atoms with Crippen molar-refractivity contribution in [3.63, 3.8) is 0 Å². The van der Waals surface area contributed by atoms with Gasteiger partial charge in [0.25, 0.3) is 5.91 Å². The van der Waals surface area contributed by atoms with Gasteiger partial charge >= 0.3 is 5.97 Å². The number of ketones is 1.